The lowest BCUT2D eigenvalue weighted by Crippen LogP contribution is -2.26. The number of hydrogen-bond acceptors (Lipinski definition) is 4. The van der Waals surface area contributed by atoms with Crippen molar-refractivity contribution in [2.24, 2.45) is 0 Å². The van der Waals surface area contributed by atoms with E-state index in [4.69, 9.17) is 12.2 Å². The number of phenols is 1. The van der Waals surface area contributed by atoms with Crippen LogP contribution >= 0.6 is 12.2 Å². The van der Waals surface area contributed by atoms with E-state index in [2.05, 4.69) is 9.97 Å². The summed E-state index contributed by atoms with van der Waals surface area (Å²) < 4.78 is 0.217. The number of benzene rings is 2. The molecule has 3 N–H and O–H groups in total. The Morgan fingerprint density at radius 1 is 1.17 bits per heavy atom. The van der Waals surface area contributed by atoms with Crippen LogP contribution in [0.1, 0.15) is 15.9 Å². The first kappa shape index (κ1) is 15.9. The number of amides is 1. The largest absolute Gasteiger partial charge is 0.508 e. The third kappa shape index (κ3) is 3.21. The third-order valence-electron chi connectivity index (χ3n) is 3.69. The zero-order chi connectivity index (χ0) is 17.3. The van der Waals surface area contributed by atoms with Crippen LogP contribution in [0.5, 0.6) is 5.75 Å². The minimum absolute atomic E-state index is 0.176. The lowest BCUT2D eigenvalue weighted by atomic mass is 10.1. The van der Waals surface area contributed by atoms with Crippen molar-refractivity contribution in [3.8, 4) is 5.75 Å². The van der Waals surface area contributed by atoms with Crippen LogP contribution in [0.2, 0.25) is 0 Å². The number of aromatic amines is 2. The molecule has 2 aromatic carbocycles. The van der Waals surface area contributed by atoms with Gasteiger partial charge < -0.3 is 15.0 Å². The van der Waals surface area contributed by atoms with E-state index >= 15 is 0 Å². The van der Waals surface area contributed by atoms with Gasteiger partial charge in [-0.05, 0) is 48.1 Å². The second kappa shape index (κ2) is 6.29. The smallest absolute Gasteiger partial charge is 0.259 e. The summed E-state index contributed by atoms with van der Waals surface area (Å²) >= 11 is 4.96. The fourth-order valence-corrected chi connectivity index (χ4v) is 2.67. The molecule has 0 saturated carbocycles. The second-order valence-corrected chi connectivity index (χ2v) is 5.90. The van der Waals surface area contributed by atoms with Crippen LogP contribution in [-0.2, 0) is 6.54 Å². The standard InChI is InChI=1S/C17H15N3O3S/c1-20(9-10-2-5-12(21)6-3-10)16(23)11-4-7-13-14(8-11)18-17(24)19-15(13)22/h2-8,21H,9H2,1H3,(H2,18,19,22,24). The lowest BCUT2D eigenvalue weighted by Gasteiger charge is -2.17. The van der Waals surface area contributed by atoms with Crippen molar-refractivity contribution >= 4 is 29.0 Å². The number of nitrogens with zero attached hydrogens (tertiary/aromatic N) is 1. The molecular formula is C17H15N3O3S. The number of nitrogens with one attached hydrogen (secondary N) is 2. The Morgan fingerprint density at radius 2 is 1.88 bits per heavy atom. The molecule has 122 valence electrons. The van der Waals surface area contributed by atoms with Gasteiger partial charge in [-0.25, -0.2) is 0 Å². The molecule has 7 heteroatoms. The number of carbonyl (C=O) groups is 1. The van der Waals surface area contributed by atoms with E-state index in [9.17, 15) is 14.7 Å². The Balaban J connectivity index is 1.88. The van der Waals surface area contributed by atoms with Crippen LogP contribution in [0.3, 0.4) is 0 Å². The average molecular weight is 341 g/mol. The van der Waals surface area contributed by atoms with Crippen molar-refractivity contribution in [1.29, 1.82) is 0 Å². The van der Waals surface area contributed by atoms with E-state index in [1.165, 1.54) is 0 Å². The molecule has 0 saturated heterocycles. The number of phenolic OH excluding ortho intramolecular Hbond substituents is 1. The second-order valence-electron chi connectivity index (χ2n) is 5.50. The van der Waals surface area contributed by atoms with Crippen LogP contribution in [0.4, 0.5) is 0 Å². The molecule has 0 aliphatic carbocycles. The highest BCUT2D eigenvalue weighted by molar-refractivity contribution is 7.71. The van der Waals surface area contributed by atoms with Gasteiger partial charge in [-0.3, -0.25) is 14.6 Å². The first-order valence-electron chi connectivity index (χ1n) is 7.24. The van der Waals surface area contributed by atoms with Gasteiger partial charge in [0, 0.05) is 19.2 Å². The zero-order valence-electron chi connectivity index (χ0n) is 12.9. The molecule has 0 spiro atoms. The molecule has 0 aliphatic rings. The Hall–Kier alpha value is -2.93. The Labute approximate surface area is 142 Å². The van der Waals surface area contributed by atoms with Crippen LogP contribution in [0.25, 0.3) is 10.9 Å². The average Bonchev–Trinajstić information content (AvgIpc) is 2.55. The topological polar surface area (TPSA) is 89.2 Å². The lowest BCUT2D eigenvalue weighted by molar-refractivity contribution is 0.0785. The summed E-state index contributed by atoms with van der Waals surface area (Å²) in [6.45, 7) is 0.405. The monoisotopic (exact) mass is 341 g/mol. The van der Waals surface area contributed by atoms with Gasteiger partial charge in [0.05, 0.1) is 10.9 Å². The maximum absolute atomic E-state index is 12.6. The summed E-state index contributed by atoms with van der Waals surface area (Å²) in [5, 5.41) is 9.75. The van der Waals surface area contributed by atoms with Gasteiger partial charge in [0.25, 0.3) is 11.5 Å². The highest BCUT2D eigenvalue weighted by Gasteiger charge is 2.13. The van der Waals surface area contributed by atoms with Gasteiger partial charge in [-0.15, -0.1) is 0 Å². The number of H-pyrrole nitrogens is 2. The van der Waals surface area contributed by atoms with E-state index < -0.39 is 0 Å². The fraction of sp³-hybridized carbons (Fsp3) is 0.118. The molecule has 6 nitrogen and oxygen atoms in total. The van der Waals surface area contributed by atoms with Crippen LogP contribution in [0.15, 0.2) is 47.3 Å². The number of rotatable bonds is 3. The van der Waals surface area contributed by atoms with Crippen LogP contribution in [-0.4, -0.2) is 32.9 Å². The first-order valence-corrected chi connectivity index (χ1v) is 7.64. The Bertz CT molecular complexity index is 1020. The summed E-state index contributed by atoms with van der Waals surface area (Å²) in [4.78, 5) is 31.4. The maximum Gasteiger partial charge on any atom is 0.259 e. The maximum atomic E-state index is 12.6. The first-order chi connectivity index (χ1) is 11.4. The summed E-state index contributed by atoms with van der Waals surface area (Å²) in [7, 11) is 1.69. The van der Waals surface area contributed by atoms with Gasteiger partial charge in [0.15, 0.2) is 4.77 Å². The summed E-state index contributed by atoms with van der Waals surface area (Å²) in [6, 6.07) is 11.5. The molecular weight excluding hydrogens is 326 g/mol. The molecule has 3 aromatic rings. The van der Waals surface area contributed by atoms with E-state index in [0.717, 1.165) is 5.56 Å². The molecule has 0 radical (unpaired) electrons. The highest BCUT2D eigenvalue weighted by Crippen LogP contribution is 2.15. The van der Waals surface area contributed by atoms with Gasteiger partial charge in [-0.1, -0.05) is 12.1 Å². The molecule has 24 heavy (non-hydrogen) atoms. The zero-order valence-corrected chi connectivity index (χ0v) is 13.7. The molecule has 1 aromatic heterocycles. The Kier molecular flexibility index (Phi) is 4.18. The fourth-order valence-electron chi connectivity index (χ4n) is 2.47. The molecule has 0 aliphatic heterocycles. The molecule has 3 rings (SSSR count). The van der Waals surface area contributed by atoms with E-state index in [1.807, 2.05) is 0 Å². The molecule has 1 amide bonds. The summed E-state index contributed by atoms with van der Waals surface area (Å²) in [5.41, 5.74) is 1.60. The Morgan fingerprint density at radius 3 is 2.58 bits per heavy atom. The number of carbonyl (C=O) groups excluding carboxylic acids is 1. The van der Waals surface area contributed by atoms with Crippen molar-refractivity contribution in [1.82, 2.24) is 14.9 Å². The van der Waals surface area contributed by atoms with Gasteiger partial charge in [0.1, 0.15) is 5.75 Å². The van der Waals surface area contributed by atoms with Gasteiger partial charge >= 0.3 is 0 Å². The van der Waals surface area contributed by atoms with Crippen molar-refractivity contribution < 1.29 is 9.90 Å². The predicted octanol–water partition coefficient (Wildman–Crippen LogP) is 2.56. The van der Waals surface area contributed by atoms with Gasteiger partial charge in [0.2, 0.25) is 0 Å². The van der Waals surface area contributed by atoms with E-state index in [-0.39, 0.29) is 22.0 Å². The van der Waals surface area contributed by atoms with Crippen molar-refractivity contribution in [2.45, 2.75) is 6.54 Å². The number of fused-ring (bicyclic) bond motifs is 1. The van der Waals surface area contributed by atoms with Gasteiger partial charge in [-0.2, -0.15) is 0 Å². The molecule has 0 bridgehead atoms. The summed E-state index contributed by atoms with van der Waals surface area (Å²) in [6.07, 6.45) is 0. The number of hydrogen-bond donors (Lipinski definition) is 3. The highest BCUT2D eigenvalue weighted by atomic mass is 32.1. The SMILES string of the molecule is CN(Cc1ccc(O)cc1)C(=O)c1ccc2c(=O)[nH]c(=S)[nH]c2c1. The summed E-state index contributed by atoms with van der Waals surface area (Å²) in [5.74, 6) is 0.00677. The number of aromatic nitrogens is 2. The molecule has 1 heterocycles. The quantitative estimate of drug-likeness (QED) is 0.639. The van der Waals surface area contributed by atoms with Crippen LogP contribution < -0.4 is 5.56 Å². The minimum Gasteiger partial charge on any atom is -0.508 e. The molecule has 0 atom stereocenters. The number of aromatic hydroxyl groups is 1. The van der Waals surface area contributed by atoms with Crippen molar-refractivity contribution in [2.75, 3.05) is 7.05 Å². The normalized spacial score (nSPS) is 10.7. The van der Waals surface area contributed by atoms with Crippen molar-refractivity contribution in [3.63, 3.8) is 0 Å². The third-order valence-corrected chi connectivity index (χ3v) is 3.89. The predicted molar refractivity (Wildman–Crippen MR) is 93.7 cm³/mol. The van der Waals surface area contributed by atoms with Crippen LogP contribution in [0, 0.1) is 4.77 Å². The molecule has 0 unspecified atom stereocenters. The van der Waals surface area contributed by atoms with E-state index in [0.29, 0.717) is 23.0 Å². The van der Waals surface area contributed by atoms with Crippen molar-refractivity contribution in [3.05, 3.63) is 68.7 Å². The minimum atomic E-state index is -0.287. The molecule has 0 fully saturated rings. The van der Waals surface area contributed by atoms with E-state index in [1.54, 1.807) is 54.4 Å².